The smallest absolute Gasteiger partial charge is 0.231 e. The van der Waals surface area contributed by atoms with E-state index in [9.17, 15) is 0 Å². The molecule has 6 nitrogen and oxygen atoms in total. The molecule has 2 aromatic carbocycles. The number of aromatic nitrogens is 1. The molecule has 1 aromatic heterocycles. The molecule has 3 heterocycles. The monoisotopic (exact) mass is 487 g/mol. The highest BCUT2D eigenvalue weighted by Crippen LogP contribution is 2.34. The van der Waals surface area contributed by atoms with E-state index in [2.05, 4.69) is 69.4 Å². The first-order valence-corrected chi connectivity index (χ1v) is 13.1. The molecule has 6 heteroatoms. The van der Waals surface area contributed by atoms with E-state index in [-0.39, 0.29) is 0 Å². The van der Waals surface area contributed by atoms with Gasteiger partial charge in [-0.25, -0.2) is 0 Å². The van der Waals surface area contributed by atoms with Crippen molar-refractivity contribution in [1.29, 1.82) is 0 Å². The number of fused-ring (bicyclic) bond motifs is 1. The Hall–Kier alpha value is -2.93. The van der Waals surface area contributed by atoms with E-state index in [1.54, 1.807) is 7.11 Å². The predicted molar refractivity (Wildman–Crippen MR) is 141 cm³/mol. The van der Waals surface area contributed by atoms with Crippen LogP contribution in [-0.2, 0) is 24.2 Å². The lowest BCUT2D eigenvalue weighted by Gasteiger charge is -2.41. The average Bonchev–Trinajstić information content (AvgIpc) is 3.40. The minimum Gasteiger partial charge on any atom is -0.454 e. The van der Waals surface area contributed by atoms with Crippen molar-refractivity contribution in [2.24, 2.45) is 5.92 Å². The van der Waals surface area contributed by atoms with Gasteiger partial charge in [0, 0.05) is 39.0 Å². The van der Waals surface area contributed by atoms with Gasteiger partial charge >= 0.3 is 0 Å². The summed E-state index contributed by atoms with van der Waals surface area (Å²) in [6, 6.07) is 23.9. The third kappa shape index (κ3) is 6.44. The van der Waals surface area contributed by atoms with Gasteiger partial charge < -0.3 is 14.2 Å². The lowest BCUT2D eigenvalue weighted by molar-refractivity contribution is 0.0564. The number of benzene rings is 2. The van der Waals surface area contributed by atoms with Crippen molar-refractivity contribution in [2.45, 2.75) is 38.4 Å². The van der Waals surface area contributed by atoms with Crippen LogP contribution in [0.5, 0.6) is 11.5 Å². The molecule has 0 N–H and O–H groups in total. The normalized spacial score (nSPS) is 16.9. The van der Waals surface area contributed by atoms with Crippen LogP contribution in [-0.4, -0.2) is 61.0 Å². The molecule has 1 atom stereocenters. The number of pyridine rings is 1. The molecule has 0 bridgehead atoms. The van der Waals surface area contributed by atoms with Gasteiger partial charge in [0.05, 0.1) is 12.3 Å². The van der Waals surface area contributed by atoms with E-state index in [4.69, 9.17) is 14.2 Å². The second-order valence-electron chi connectivity index (χ2n) is 9.84. The molecule has 190 valence electrons. The Morgan fingerprint density at radius 1 is 0.972 bits per heavy atom. The topological polar surface area (TPSA) is 47.1 Å². The molecule has 3 aromatic rings. The molecule has 36 heavy (non-hydrogen) atoms. The molecule has 0 amide bonds. The Morgan fingerprint density at radius 3 is 2.56 bits per heavy atom. The first-order chi connectivity index (χ1) is 17.8. The van der Waals surface area contributed by atoms with Gasteiger partial charge in [0.1, 0.15) is 0 Å². The number of likely N-dealkylation sites (tertiary alicyclic amines) is 1. The summed E-state index contributed by atoms with van der Waals surface area (Å²) in [5.41, 5.74) is 3.80. The summed E-state index contributed by atoms with van der Waals surface area (Å²) < 4.78 is 16.6. The number of ether oxygens (including phenoxy) is 3. The molecule has 0 radical (unpaired) electrons. The standard InChI is InChI=1S/C30H37N3O3/c1-34-18-17-33(22-27-9-5-6-14-31-27)28(19-24-7-3-2-4-8-24)26-12-15-32(16-13-26)21-25-10-11-29-30(20-25)36-23-35-29/h2-11,14,20,26,28H,12-13,15-19,21-23H2,1H3/t28-/m1/s1. The Bertz CT molecular complexity index is 1070. The highest BCUT2D eigenvalue weighted by atomic mass is 16.7. The van der Waals surface area contributed by atoms with Gasteiger partial charge in [-0.3, -0.25) is 14.8 Å². The van der Waals surface area contributed by atoms with Gasteiger partial charge in [0.25, 0.3) is 0 Å². The van der Waals surface area contributed by atoms with Crippen molar-refractivity contribution >= 4 is 0 Å². The molecule has 0 spiro atoms. The number of nitrogens with zero attached hydrogens (tertiary/aromatic N) is 3. The maximum atomic E-state index is 5.58. The Balaban J connectivity index is 1.28. The first kappa shape index (κ1) is 24.8. The summed E-state index contributed by atoms with van der Waals surface area (Å²) in [5.74, 6) is 2.35. The van der Waals surface area contributed by atoms with E-state index in [0.717, 1.165) is 62.9 Å². The van der Waals surface area contributed by atoms with E-state index in [1.165, 1.54) is 24.0 Å². The molecule has 5 rings (SSSR count). The van der Waals surface area contributed by atoms with Crippen LogP contribution in [0.2, 0.25) is 0 Å². The molecule has 0 aliphatic carbocycles. The summed E-state index contributed by atoms with van der Waals surface area (Å²) in [6.45, 7) is 5.96. The highest BCUT2D eigenvalue weighted by Gasteiger charge is 2.31. The summed E-state index contributed by atoms with van der Waals surface area (Å²) in [7, 11) is 1.79. The van der Waals surface area contributed by atoms with Crippen LogP contribution in [0.15, 0.2) is 72.9 Å². The molecule has 2 aliphatic rings. The lowest BCUT2D eigenvalue weighted by atomic mass is 9.84. The minimum atomic E-state index is 0.324. The zero-order chi connectivity index (χ0) is 24.6. The Labute approximate surface area is 214 Å². The second-order valence-corrected chi connectivity index (χ2v) is 9.84. The molecular weight excluding hydrogens is 450 g/mol. The number of hydrogen-bond donors (Lipinski definition) is 0. The predicted octanol–water partition coefficient (Wildman–Crippen LogP) is 4.78. The second kappa shape index (κ2) is 12.3. The van der Waals surface area contributed by atoms with Crippen LogP contribution in [0, 0.1) is 5.92 Å². The SMILES string of the molecule is COCCN(Cc1ccccn1)[C@H](Cc1ccccc1)C1CCN(Cc2ccc3c(c2)OCO3)CC1. The van der Waals surface area contributed by atoms with Gasteiger partial charge in [-0.1, -0.05) is 42.5 Å². The van der Waals surface area contributed by atoms with Crippen LogP contribution in [0.4, 0.5) is 0 Å². The van der Waals surface area contributed by atoms with Crippen molar-refractivity contribution in [1.82, 2.24) is 14.8 Å². The van der Waals surface area contributed by atoms with Crippen LogP contribution in [0.3, 0.4) is 0 Å². The van der Waals surface area contributed by atoms with Crippen molar-refractivity contribution < 1.29 is 14.2 Å². The van der Waals surface area contributed by atoms with Gasteiger partial charge in [-0.2, -0.15) is 0 Å². The summed E-state index contributed by atoms with van der Waals surface area (Å²) in [6.07, 6.45) is 5.32. The quantitative estimate of drug-likeness (QED) is 0.388. The Kier molecular flexibility index (Phi) is 8.49. The van der Waals surface area contributed by atoms with Gasteiger partial charge in [0.15, 0.2) is 11.5 Å². The number of methoxy groups -OCH3 is 1. The molecular formula is C30H37N3O3. The summed E-state index contributed by atoms with van der Waals surface area (Å²) >= 11 is 0. The van der Waals surface area contributed by atoms with Crippen molar-refractivity contribution in [3.05, 3.63) is 89.7 Å². The Morgan fingerprint density at radius 2 is 1.78 bits per heavy atom. The molecule has 1 fully saturated rings. The number of piperidine rings is 1. The highest BCUT2D eigenvalue weighted by molar-refractivity contribution is 5.44. The van der Waals surface area contributed by atoms with Crippen LogP contribution in [0.1, 0.15) is 29.7 Å². The van der Waals surface area contributed by atoms with E-state index < -0.39 is 0 Å². The minimum absolute atomic E-state index is 0.324. The zero-order valence-electron chi connectivity index (χ0n) is 21.2. The maximum Gasteiger partial charge on any atom is 0.231 e. The van der Waals surface area contributed by atoms with Gasteiger partial charge in [0.2, 0.25) is 6.79 Å². The van der Waals surface area contributed by atoms with Crippen LogP contribution in [0.25, 0.3) is 0 Å². The van der Waals surface area contributed by atoms with Crippen molar-refractivity contribution in [3.8, 4) is 11.5 Å². The van der Waals surface area contributed by atoms with Crippen molar-refractivity contribution in [2.75, 3.05) is 40.1 Å². The summed E-state index contributed by atoms with van der Waals surface area (Å²) in [4.78, 5) is 9.82. The van der Waals surface area contributed by atoms with E-state index in [0.29, 0.717) is 18.8 Å². The van der Waals surface area contributed by atoms with Gasteiger partial charge in [-0.05, 0) is 73.7 Å². The van der Waals surface area contributed by atoms with Gasteiger partial charge in [-0.15, -0.1) is 0 Å². The van der Waals surface area contributed by atoms with E-state index >= 15 is 0 Å². The number of hydrogen-bond acceptors (Lipinski definition) is 6. The molecule has 2 aliphatic heterocycles. The molecule has 0 saturated carbocycles. The number of rotatable bonds is 11. The van der Waals surface area contributed by atoms with Crippen LogP contribution < -0.4 is 9.47 Å². The molecule has 1 saturated heterocycles. The fourth-order valence-corrected chi connectivity index (χ4v) is 5.51. The van der Waals surface area contributed by atoms with Crippen LogP contribution >= 0.6 is 0 Å². The first-order valence-electron chi connectivity index (χ1n) is 13.1. The largest absolute Gasteiger partial charge is 0.454 e. The summed E-state index contributed by atoms with van der Waals surface area (Å²) in [5, 5.41) is 0. The fourth-order valence-electron chi connectivity index (χ4n) is 5.51. The maximum absolute atomic E-state index is 5.58. The third-order valence-corrected chi connectivity index (χ3v) is 7.45. The van der Waals surface area contributed by atoms with Crippen molar-refractivity contribution in [3.63, 3.8) is 0 Å². The lowest BCUT2D eigenvalue weighted by Crippen LogP contribution is -2.47. The third-order valence-electron chi connectivity index (χ3n) is 7.45. The van der Waals surface area contributed by atoms with E-state index in [1.807, 2.05) is 18.3 Å². The zero-order valence-corrected chi connectivity index (χ0v) is 21.2. The molecule has 0 unspecified atom stereocenters. The fraction of sp³-hybridized carbons (Fsp3) is 0.433. The average molecular weight is 488 g/mol.